The predicted octanol–water partition coefficient (Wildman–Crippen LogP) is -0.902. The van der Waals surface area contributed by atoms with Crippen LogP contribution in [0, 0.1) is 11.8 Å². The van der Waals surface area contributed by atoms with Crippen LogP contribution in [0.25, 0.3) is 11.2 Å². The first-order valence-electron chi connectivity index (χ1n) is 10.2. The van der Waals surface area contributed by atoms with E-state index in [1.807, 2.05) is 0 Å². The summed E-state index contributed by atoms with van der Waals surface area (Å²) in [7, 11) is 0. The van der Waals surface area contributed by atoms with Crippen LogP contribution in [0.1, 0.15) is 27.7 Å². The molecule has 0 spiro atoms. The molecule has 2 atom stereocenters. The Bertz CT molecular complexity index is 956. The first-order chi connectivity index (χ1) is 15.0. The highest BCUT2D eigenvalue weighted by atomic mass is 16.6. The van der Waals surface area contributed by atoms with Gasteiger partial charge in [-0.2, -0.15) is 4.98 Å². The number of imidazole rings is 1. The molecule has 2 heterocycles. The summed E-state index contributed by atoms with van der Waals surface area (Å²) in [6.45, 7) is 6.61. The van der Waals surface area contributed by atoms with Crippen molar-refractivity contribution in [2.45, 2.75) is 52.6 Å². The minimum atomic E-state index is -0.835. The second-order valence-electron chi connectivity index (χ2n) is 8.06. The number of nitrogen functional groups attached to an aromatic ring is 1. The lowest BCUT2D eigenvalue weighted by atomic mass is 10.1. The maximum Gasteiger partial charge on any atom is 0.323 e. The molecule has 0 saturated carbocycles. The van der Waals surface area contributed by atoms with Crippen LogP contribution in [0.2, 0.25) is 0 Å². The SMILES string of the molecule is CC(C)C(N)C(=O)OCC(COC(=O)C(N)C(C)C)OCn1cnc2c(=O)[nH]c(N)nc21. The summed E-state index contributed by atoms with van der Waals surface area (Å²) in [5, 5.41) is 0. The van der Waals surface area contributed by atoms with Gasteiger partial charge in [0, 0.05) is 0 Å². The van der Waals surface area contributed by atoms with Crippen LogP contribution in [0.15, 0.2) is 11.1 Å². The molecule has 0 aliphatic rings. The number of rotatable bonds is 11. The van der Waals surface area contributed by atoms with Gasteiger partial charge in [0.25, 0.3) is 5.56 Å². The van der Waals surface area contributed by atoms with Crippen molar-refractivity contribution in [1.29, 1.82) is 0 Å². The number of nitrogens with one attached hydrogen (secondary N) is 1. The first-order valence-corrected chi connectivity index (χ1v) is 10.2. The van der Waals surface area contributed by atoms with E-state index in [1.54, 1.807) is 27.7 Å². The molecule has 13 heteroatoms. The maximum absolute atomic E-state index is 12.1. The molecule has 2 aromatic heterocycles. The Morgan fingerprint density at radius 1 is 1.06 bits per heavy atom. The van der Waals surface area contributed by atoms with Gasteiger partial charge in [0.2, 0.25) is 5.95 Å². The van der Waals surface area contributed by atoms with Gasteiger partial charge in [-0.15, -0.1) is 0 Å². The topological polar surface area (TPSA) is 203 Å². The maximum atomic E-state index is 12.1. The molecule has 32 heavy (non-hydrogen) atoms. The lowest BCUT2D eigenvalue weighted by Crippen LogP contribution is -2.41. The Labute approximate surface area is 184 Å². The van der Waals surface area contributed by atoms with Crippen LogP contribution >= 0.6 is 0 Å². The number of nitrogens with two attached hydrogens (primary N) is 3. The quantitative estimate of drug-likeness (QED) is 0.307. The van der Waals surface area contributed by atoms with Crippen LogP contribution in [-0.2, 0) is 30.5 Å². The minimum Gasteiger partial charge on any atom is -0.462 e. The number of carbonyl (C=O) groups excluding carboxylic acids is 2. The van der Waals surface area contributed by atoms with Crippen molar-refractivity contribution in [2.75, 3.05) is 18.9 Å². The number of esters is 2. The summed E-state index contributed by atoms with van der Waals surface area (Å²) in [5.74, 6) is -1.51. The molecule has 2 aromatic rings. The fourth-order valence-electron chi connectivity index (χ4n) is 2.48. The van der Waals surface area contributed by atoms with Crippen molar-refractivity contribution in [1.82, 2.24) is 19.5 Å². The van der Waals surface area contributed by atoms with Crippen LogP contribution in [0.5, 0.6) is 0 Å². The van der Waals surface area contributed by atoms with E-state index in [9.17, 15) is 14.4 Å². The normalized spacial score (nSPS) is 14.5. The standard InChI is InChI=1S/C19H31N7O6/c1-9(2)12(20)17(28)30-5-11(6-31-18(29)13(21)10(3)4)32-8-26-7-23-14-15(26)24-19(22)25-16(14)27/h7,9-13H,5-6,8,20-21H2,1-4H3,(H3,22,24,25,27). The van der Waals surface area contributed by atoms with Gasteiger partial charge in [0.1, 0.15) is 38.1 Å². The van der Waals surface area contributed by atoms with Gasteiger partial charge in [0.05, 0.1) is 6.33 Å². The van der Waals surface area contributed by atoms with Crippen LogP contribution in [0.3, 0.4) is 0 Å². The van der Waals surface area contributed by atoms with Gasteiger partial charge >= 0.3 is 11.9 Å². The van der Waals surface area contributed by atoms with Crippen molar-refractivity contribution in [3.63, 3.8) is 0 Å². The van der Waals surface area contributed by atoms with E-state index >= 15 is 0 Å². The third-order valence-electron chi connectivity index (χ3n) is 4.75. The van der Waals surface area contributed by atoms with Crippen LogP contribution in [-0.4, -0.2) is 62.9 Å². The number of hydrogen-bond donors (Lipinski definition) is 4. The number of aromatic amines is 1. The highest BCUT2D eigenvalue weighted by Crippen LogP contribution is 2.09. The zero-order chi connectivity index (χ0) is 24.0. The summed E-state index contributed by atoms with van der Waals surface area (Å²) in [5.41, 5.74) is 17.0. The molecule has 7 N–H and O–H groups in total. The Morgan fingerprint density at radius 3 is 2.09 bits per heavy atom. The van der Waals surface area contributed by atoms with E-state index in [-0.39, 0.29) is 48.9 Å². The molecule has 2 unspecified atom stereocenters. The van der Waals surface area contributed by atoms with E-state index in [0.29, 0.717) is 0 Å². The van der Waals surface area contributed by atoms with Crippen LogP contribution < -0.4 is 22.8 Å². The largest absolute Gasteiger partial charge is 0.462 e. The van der Waals surface area contributed by atoms with E-state index in [4.69, 9.17) is 31.4 Å². The Balaban J connectivity index is 2.09. The van der Waals surface area contributed by atoms with Gasteiger partial charge in [-0.05, 0) is 11.8 Å². The molecule has 0 aromatic carbocycles. The Hall–Kier alpha value is -3.03. The number of nitrogens with zero attached hydrogens (tertiary/aromatic N) is 3. The lowest BCUT2D eigenvalue weighted by molar-refractivity contribution is -0.160. The van der Waals surface area contributed by atoms with Crippen molar-refractivity contribution in [2.24, 2.45) is 23.3 Å². The second-order valence-corrected chi connectivity index (χ2v) is 8.06. The number of ether oxygens (including phenoxy) is 3. The van der Waals surface area contributed by atoms with E-state index in [0.717, 1.165) is 0 Å². The molecule has 0 saturated heterocycles. The molecule has 178 valence electrons. The van der Waals surface area contributed by atoms with E-state index in [1.165, 1.54) is 10.9 Å². The van der Waals surface area contributed by atoms with Gasteiger partial charge in [-0.3, -0.25) is 23.9 Å². The monoisotopic (exact) mass is 453 g/mol. The Kier molecular flexibility index (Phi) is 8.69. The number of anilines is 1. The molecule has 0 aliphatic heterocycles. The zero-order valence-corrected chi connectivity index (χ0v) is 18.6. The number of hydrogen-bond acceptors (Lipinski definition) is 11. The summed E-state index contributed by atoms with van der Waals surface area (Å²) < 4.78 is 17.7. The molecule has 0 aliphatic carbocycles. The molecule has 0 bridgehead atoms. The van der Waals surface area contributed by atoms with Crippen molar-refractivity contribution in [3.05, 3.63) is 16.7 Å². The van der Waals surface area contributed by atoms with Crippen molar-refractivity contribution >= 4 is 29.1 Å². The second kappa shape index (κ2) is 11.0. The number of fused-ring (bicyclic) bond motifs is 1. The molecule has 2 rings (SSSR count). The summed E-state index contributed by atoms with van der Waals surface area (Å²) in [6, 6.07) is -1.60. The van der Waals surface area contributed by atoms with E-state index < -0.39 is 35.7 Å². The van der Waals surface area contributed by atoms with Crippen molar-refractivity contribution < 1.29 is 23.8 Å². The molecule has 0 fully saturated rings. The molecule has 13 nitrogen and oxygen atoms in total. The van der Waals surface area contributed by atoms with Gasteiger partial charge in [-0.25, -0.2) is 4.98 Å². The highest BCUT2D eigenvalue weighted by molar-refractivity contribution is 5.76. The average Bonchev–Trinajstić information content (AvgIpc) is 3.14. The molecule has 0 amide bonds. The number of H-pyrrole nitrogens is 1. The van der Waals surface area contributed by atoms with Gasteiger partial charge in [0.15, 0.2) is 11.2 Å². The minimum absolute atomic E-state index is 0.0750. The number of carbonyl (C=O) groups is 2. The molecule has 0 radical (unpaired) electrons. The Morgan fingerprint density at radius 2 is 1.59 bits per heavy atom. The summed E-state index contributed by atoms with van der Waals surface area (Å²) >= 11 is 0. The lowest BCUT2D eigenvalue weighted by Gasteiger charge is -2.22. The summed E-state index contributed by atoms with van der Waals surface area (Å²) in [4.78, 5) is 46.5. The van der Waals surface area contributed by atoms with Gasteiger partial charge in [-0.1, -0.05) is 27.7 Å². The smallest absolute Gasteiger partial charge is 0.323 e. The highest BCUT2D eigenvalue weighted by Gasteiger charge is 2.24. The van der Waals surface area contributed by atoms with Crippen molar-refractivity contribution in [3.8, 4) is 0 Å². The van der Waals surface area contributed by atoms with Gasteiger partial charge < -0.3 is 31.4 Å². The molecular formula is C19H31N7O6. The zero-order valence-electron chi connectivity index (χ0n) is 18.6. The fraction of sp³-hybridized carbons (Fsp3) is 0.632. The third kappa shape index (κ3) is 6.48. The third-order valence-corrected chi connectivity index (χ3v) is 4.75. The fourth-order valence-corrected chi connectivity index (χ4v) is 2.48. The predicted molar refractivity (Wildman–Crippen MR) is 115 cm³/mol. The average molecular weight is 454 g/mol. The van der Waals surface area contributed by atoms with Crippen LogP contribution in [0.4, 0.5) is 5.95 Å². The molecular weight excluding hydrogens is 422 g/mol. The first kappa shape index (κ1) is 25.2. The summed E-state index contributed by atoms with van der Waals surface area (Å²) in [6.07, 6.45) is 0.517. The number of aromatic nitrogens is 4. The van der Waals surface area contributed by atoms with E-state index in [2.05, 4.69) is 15.0 Å².